The third-order valence-electron chi connectivity index (χ3n) is 10.3. The second-order valence-corrected chi connectivity index (χ2v) is 11.9. The van der Waals surface area contributed by atoms with Gasteiger partial charge in [0.2, 0.25) is 0 Å². The van der Waals surface area contributed by atoms with E-state index in [9.17, 15) is 14.7 Å². The highest BCUT2D eigenvalue weighted by molar-refractivity contribution is 5.96. The maximum atomic E-state index is 12.4. The first-order chi connectivity index (χ1) is 17.2. The molecule has 0 aliphatic heterocycles. The second kappa shape index (κ2) is 9.40. The number of nitrogens with zero attached hydrogens (tertiary/aromatic N) is 2. The van der Waals surface area contributed by atoms with Crippen LogP contribution in [-0.4, -0.2) is 39.7 Å². The van der Waals surface area contributed by atoms with Crippen molar-refractivity contribution in [3.63, 3.8) is 0 Å². The number of oxime groups is 1. The second-order valence-electron chi connectivity index (χ2n) is 11.9. The number of fused-ring (bicyclic) bond motifs is 5. The molecule has 0 spiro atoms. The van der Waals surface area contributed by atoms with E-state index in [0.29, 0.717) is 30.7 Å². The lowest BCUT2D eigenvalue weighted by atomic mass is 9.46. The van der Waals surface area contributed by atoms with Crippen LogP contribution in [0.5, 0.6) is 0 Å². The first-order valence-corrected chi connectivity index (χ1v) is 13.5. The molecule has 3 fully saturated rings. The number of carbonyl (C=O) groups is 2. The predicted octanol–water partition coefficient (Wildman–Crippen LogP) is 4.35. The molecular formula is C29H39N3O4. The van der Waals surface area contributed by atoms with E-state index in [2.05, 4.69) is 35.4 Å². The van der Waals surface area contributed by atoms with Crippen molar-refractivity contribution in [3.8, 4) is 0 Å². The van der Waals surface area contributed by atoms with Gasteiger partial charge < -0.3 is 15.3 Å². The van der Waals surface area contributed by atoms with Crippen LogP contribution < -0.4 is 5.32 Å². The summed E-state index contributed by atoms with van der Waals surface area (Å²) < 4.78 is 0. The van der Waals surface area contributed by atoms with Crippen molar-refractivity contribution in [1.29, 1.82) is 0 Å². The van der Waals surface area contributed by atoms with E-state index in [1.807, 2.05) is 12.1 Å². The summed E-state index contributed by atoms with van der Waals surface area (Å²) in [4.78, 5) is 34.0. The Balaban J connectivity index is 1.22. The van der Waals surface area contributed by atoms with E-state index in [-0.39, 0.29) is 29.1 Å². The number of amides is 1. The largest absolute Gasteiger partial charge is 0.385 e. The van der Waals surface area contributed by atoms with Crippen molar-refractivity contribution < 1.29 is 19.5 Å². The van der Waals surface area contributed by atoms with E-state index in [4.69, 9.17) is 4.84 Å². The monoisotopic (exact) mass is 493 g/mol. The number of Topliss-reactive ketones (excluding diaryl/α,β-unsaturated/α-hetero) is 1. The molecule has 6 atom stereocenters. The number of carbonyl (C=O) groups excluding carboxylic acids is 2. The van der Waals surface area contributed by atoms with Crippen molar-refractivity contribution in [3.05, 3.63) is 41.7 Å². The molecule has 7 nitrogen and oxygen atoms in total. The Hall–Kier alpha value is -2.54. The van der Waals surface area contributed by atoms with Crippen LogP contribution in [-0.2, 0) is 21.0 Å². The minimum atomic E-state index is -1.16. The highest BCUT2D eigenvalue weighted by atomic mass is 16.6. The molecular weight excluding hydrogens is 454 g/mol. The first kappa shape index (κ1) is 25.1. The Labute approximate surface area is 213 Å². The molecule has 0 aromatic carbocycles. The topological polar surface area (TPSA) is 101 Å². The number of nitrogens with one attached hydrogen (secondary N) is 1. The van der Waals surface area contributed by atoms with Crippen LogP contribution in [0.3, 0.4) is 0 Å². The minimum Gasteiger partial charge on any atom is -0.385 e. The fraction of sp³-hybridized carbons (Fsp3) is 0.655. The number of ketones is 1. The van der Waals surface area contributed by atoms with Gasteiger partial charge in [-0.05, 0) is 99.2 Å². The molecule has 4 aliphatic carbocycles. The molecule has 4 aliphatic rings. The average Bonchev–Trinajstić information content (AvgIpc) is 3.15. The Bertz CT molecular complexity index is 1090. The van der Waals surface area contributed by atoms with E-state index >= 15 is 0 Å². The van der Waals surface area contributed by atoms with Crippen molar-refractivity contribution >= 4 is 17.4 Å². The summed E-state index contributed by atoms with van der Waals surface area (Å²) in [6.45, 7) is 6.46. The van der Waals surface area contributed by atoms with Crippen LogP contribution in [0.2, 0.25) is 0 Å². The van der Waals surface area contributed by atoms with Gasteiger partial charge >= 0.3 is 0 Å². The lowest BCUT2D eigenvalue weighted by Crippen LogP contribution is -2.57. The summed E-state index contributed by atoms with van der Waals surface area (Å²) >= 11 is 0. The van der Waals surface area contributed by atoms with Crippen LogP contribution in [0.1, 0.15) is 77.7 Å². The van der Waals surface area contributed by atoms with Crippen LogP contribution in [0.4, 0.5) is 0 Å². The summed E-state index contributed by atoms with van der Waals surface area (Å²) in [5, 5.41) is 18.5. The Kier molecular flexibility index (Phi) is 6.56. The van der Waals surface area contributed by atoms with Gasteiger partial charge in [0, 0.05) is 24.4 Å². The Morgan fingerprint density at radius 3 is 2.72 bits per heavy atom. The van der Waals surface area contributed by atoms with Crippen LogP contribution in [0.25, 0.3) is 0 Å². The number of hydrogen-bond acceptors (Lipinski definition) is 6. The first-order valence-electron chi connectivity index (χ1n) is 13.5. The quantitative estimate of drug-likeness (QED) is 0.574. The Morgan fingerprint density at radius 2 is 1.97 bits per heavy atom. The summed E-state index contributed by atoms with van der Waals surface area (Å²) in [6, 6.07) is 3.75. The van der Waals surface area contributed by atoms with E-state index < -0.39 is 5.60 Å². The Morgan fingerprint density at radius 1 is 1.17 bits per heavy atom. The fourth-order valence-corrected chi connectivity index (χ4v) is 8.17. The third-order valence-corrected chi connectivity index (χ3v) is 10.3. The molecule has 2 N–H and O–H groups in total. The van der Waals surface area contributed by atoms with E-state index in [1.54, 1.807) is 19.3 Å². The number of aromatic nitrogens is 1. The standard InChI is InChI=1S/C29H39N3O4/c1-19(33)29(35)13-10-25-23-7-6-21-15-22(8-11-27(21,2)24(23)9-12-28(25,29)3)32-36-18-26(34)31-17-20-5-4-14-30-16-20/h4-5,14-16,23-25,35H,6-13,17-18H2,1-3H3,(H,31,34)/t23?,24?,25?,27-,28-,29-/m0/s1. The van der Waals surface area contributed by atoms with Crippen molar-refractivity contribution in [2.24, 2.45) is 33.7 Å². The molecule has 3 unspecified atom stereocenters. The highest BCUT2D eigenvalue weighted by Gasteiger charge is 2.65. The third kappa shape index (κ3) is 4.09. The van der Waals surface area contributed by atoms with Crippen molar-refractivity contribution in [2.75, 3.05) is 6.61 Å². The molecule has 1 heterocycles. The zero-order valence-electron chi connectivity index (χ0n) is 21.8. The lowest BCUT2D eigenvalue weighted by Gasteiger charge is -2.59. The zero-order chi connectivity index (χ0) is 25.6. The van der Waals surface area contributed by atoms with Gasteiger partial charge in [-0.25, -0.2) is 0 Å². The predicted molar refractivity (Wildman–Crippen MR) is 137 cm³/mol. The van der Waals surface area contributed by atoms with E-state index in [1.165, 1.54) is 5.57 Å². The molecule has 0 radical (unpaired) electrons. The van der Waals surface area contributed by atoms with Gasteiger partial charge in [0.25, 0.3) is 5.91 Å². The molecule has 1 amide bonds. The number of aliphatic hydroxyl groups is 1. The van der Waals surface area contributed by atoms with Crippen molar-refractivity contribution in [1.82, 2.24) is 10.3 Å². The minimum absolute atomic E-state index is 0.0576. The van der Waals surface area contributed by atoms with Crippen LogP contribution in [0.15, 0.2) is 41.3 Å². The van der Waals surface area contributed by atoms with Gasteiger partial charge in [-0.15, -0.1) is 0 Å². The molecule has 0 bridgehead atoms. The highest BCUT2D eigenvalue weighted by Crippen LogP contribution is 2.67. The number of hydrogen-bond donors (Lipinski definition) is 2. The molecule has 36 heavy (non-hydrogen) atoms. The molecule has 1 aromatic heterocycles. The SMILES string of the molecule is CC(=O)[C@@]1(O)CCC2C3CCC4=CC(=NOCC(=O)NCc5cccnc5)CC[C@]4(C)C3CC[C@@]21C. The van der Waals surface area contributed by atoms with Gasteiger partial charge in [-0.3, -0.25) is 14.6 Å². The fourth-order valence-electron chi connectivity index (χ4n) is 8.17. The zero-order valence-corrected chi connectivity index (χ0v) is 21.8. The molecule has 7 heteroatoms. The molecule has 194 valence electrons. The van der Waals surface area contributed by atoms with Crippen LogP contribution >= 0.6 is 0 Å². The maximum absolute atomic E-state index is 12.4. The normalized spacial score (nSPS) is 38.4. The molecule has 0 saturated heterocycles. The lowest BCUT2D eigenvalue weighted by molar-refractivity contribution is -0.159. The number of pyridine rings is 1. The van der Waals surface area contributed by atoms with Gasteiger partial charge in [0.1, 0.15) is 5.60 Å². The number of rotatable bonds is 6. The van der Waals surface area contributed by atoms with Gasteiger partial charge in [0.15, 0.2) is 12.4 Å². The smallest absolute Gasteiger partial charge is 0.261 e. The van der Waals surface area contributed by atoms with Gasteiger partial charge in [-0.2, -0.15) is 0 Å². The van der Waals surface area contributed by atoms with Gasteiger partial charge in [-0.1, -0.05) is 30.6 Å². The summed E-state index contributed by atoms with van der Waals surface area (Å²) in [5.74, 6) is 1.28. The summed E-state index contributed by atoms with van der Waals surface area (Å²) in [7, 11) is 0. The summed E-state index contributed by atoms with van der Waals surface area (Å²) in [5.41, 5.74) is 1.96. The van der Waals surface area contributed by atoms with E-state index in [0.717, 1.165) is 56.2 Å². The molecule has 1 aromatic rings. The number of allylic oxidation sites excluding steroid dienone is 2. The maximum Gasteiger partial charge on any atom is 0.261 e. The van der Waals surface area contributed by atoms with Gasteiger partial charge in [0.05, 0.1) is 5.71 Å². The van der Waals surface area contributed by atoms with Crippen LogP contribution in [0, 0.1) is 28.6 Å². The summed E-state index contributed by atoms with van der Waals surface area (Å²) in [6.07, 6.45) is 13.1. The molecule has 5 rings (SSSR count). The van der Waals surface area contributed by atoms with Crippen molar-refractivity contribution in [2.45, 2.75) is 84.3 Å². The average molecular weight is 494 g/mol. The molecule has 3 saturated carbocycles.